The van der Waals surface area contributed by atoms with Crippen LogP contribution in [-0.4, -0.2) is 60.9 Å². The van der Waals surface area contributed by atoms with Gasteiger partial charge in [-0.2, -0.15) is 0 Å². The van der Waals surface area contributed by atoms with E-state index in [4.69, 9.17) is 0 Å². The van der Waals surface area contributed by atoms with Crippen LogP contribution in [-0.2, 0) is 24.2 Å². The third-order valence-corrected chi connectivity index (χ3v) is 12.5. The van der Waals surface area contributed by atoms with Crippen molar-refractivity contribution in [2.75, 3.05) is 11.9 Å². The summed E-state index contributed by atoms with van der Waals surface area (Å²) in [7, 11) is 0. The van der Waals surface area contributed by atoms with Gasteiger partial charge in [-0.15, -0.1) is 0 Å². The first-order chi connectivity index (χ1) is 26.6. The molecule has 1 atom stereocenters. The third kappa shape index (κ3) is 8.43. The van der Waals surface area contributed by atoms with Crippen LogP contribution in [0.4, 0.5) is 5.69 Å². The van der Waals surface area contributed by atoms with Gasteiger partial charge in [-0.3, -0.25) is 29.3 Å². The highest BCUT2D eigenvalue weighted by atomic mass is 16.4. The summed E-state index contributed by atoms with van der Waals surface area (Å²) >= 11 is 0. The smallest absolute Gasteiger partial charge is 0.320 e. The molecule has 0 unspecified atom stereocenters. The van der Waals surface area contributed by atoms with E-state index in [1.165, 1.54) is 11.1 Å². The minimum atomic E-state index is -0.769. The average Bonchev–Trinajstić information content (AvgIpc) is 4.03. The van der Waals surface area contributed by atoms with Gasteiger partial charge in [0.2, 0.25) is 0 Å². The van der Waals surface area contributed by atoms with Crippen molar-refractivity contribution in [3.05, 3.63) is 111 Å². The average molecular weight is 741 g/mol. The van der Waals surface area contributed by atoms with Crippen LogP contribution in [0.25, 0.3) is 11.1 Å². The molecule has 0 radical (unpaired) electrons. The second-order valence-electron chi connectivity index (χ2n) is 16.6. The van der Waals surface area contributed by atoms with Crippen molar-refractivity contribution < 1.29 is 24.6 Å². The van der Waals surface area contributed by atoms with Gasteiger partial charge in [0, 0.05) is 31.0 Å². The predicted octanol–water partition coefficient (Wildman–Crippen LogP) is 8.48. The number of aliphatic carboxylic acids is 1. The molecule has 1 aliphatic heterocycles. The molecule has 2 aromatic carbocycles. The summed E-state index contributed by atoms with van der Waals surface area (Å²) in [6.07, 6.45) is 15.3. The van der Waals surface area contributed by atoms with E-state index in [2.05, 4.69) is 32.3 Å². The van der Waals surface area contributed by atoms with Crippen molar-refractivity contribution in [1.82, 2.24) is 14.9 Å². The molecule has 3 saturated carbocycles. The maximum atomic E-state index is 13.8. The number of carbonyl (C=O) groups excluding carboxylic acids is 2. The van der Waals surface area contributed by atoms with E-state index in [-0.39, 0.29) is 18.1 Å². The Balaban J connectivity index is 0.968. The van der Waals surface area contributed by atoms with Gasteiger partial charge in [0.1, 0.15) is 17.4 Å². The summed E-state index contributed by atoms with van der Waals surface area (Å²) in [5.41, 5.74) is 10.6. The lowest BCUT2D eigenvalue weighted by Gasteiger charge is -2.33. The molecule has 9 nitrogen and oxygen atoms in total. The number of anilines is 1. The number of rotatable bonds is 15. The molecule has 55 heavy (non-hydrogen) atoms. The number of amides is 1. The Hall–Kier alpha value is -4.73. The zero-order valence-electron chi connectivity index (χ0n) is 32.1. The number of likely N-dealkylation sites (tertiary alicyclic amines) is 1. The summed E-state index contributed by atoms with van der Waals surface area (Å²) in [5.74, 6) is -0.175. The number of pyridine rings is 2. The Labute approximate surface area is 323 Å². The molecule has 1 saturated heterocycles. The van der Waals surface area contributed by atoms with E-state index < -0.39 is 17.6 Å². The summed E-state index contributed by atoms with van der Waals surface area (Å²) in [4.78, 5) is 50.6. The number of carboxylic acid groups (broad SMARTS) is 1. The summed E-state index contributed by atoms with van der Waals surface area (Å²) < 4.78 is 0. The number of aryl methyl sites for hydroxylation is 1. The monoisotopic (exact) mass is 740 g/mol. The number of aromatic nitrogens is 2. The lowest BCUT2D eigenvalue weighted by molar-refractivity contribution is -0.144. The Morgan fingerprint density at radius 1 is 0.818 bits per heavy atom. The van der Waals surface area contributed by atoms with Gasteiger partial charge >= 0.3 is 5.97 Å². The van der Waals surface area contributed by atoms with Crippen LogP contribution in [0.3, 0.4) is 0 Å². The summed E-state index contributed by atoms with van der Waals surface area (Å²) in [6, 6.07) is 15.4. The number of ketones is 1. The van der Waals surface area contributed by atoms with Crippen LogP contribution >= 0.6 is 0 Å². The van der Waals surface area contributed by atoms with E-state index >= 15 is 0 Å². The summed E-state index contributed by atoms with van der Waals surface area (Å²) in [5, 5.41) is 23.2. The predicted molar refractivity (Wildman–Crippen MR) is 213 cm³/mol. The van der Waals surface area contributed by atoms with Gasteiger partial charge < -0.3 is 15.5 Å². The first-order valence-electron chi connectivity index (χ1n) is 20.3. The molecule has 3 N–H and O–H groups in total. The van der Waals surface area contributed by atoms with Crippen molar-refractivity contribution in [2.24, 2.45) is 0 Å². The Morgan fingerprint density at radius 3 is 2.18 bits per heavy atom. The van der Waals surface area contributed by atoms with Crippen LogP contribution in [0.1, 0.15) is 142 Å². The van der Waals surface area contributed by atoms with Gasteiger partial charge in [0.25, 0.3) is 5.91 Å². The van der Waals surface area contributed by atoms with Gasteiger partial charge in [-0.05, 0) is 171 Å². The second-order valence-corrected chi connectivity index (χ2v) is 16.6. The normalized spacial score (nSPS) is 19.2. The number of aliphatic hydroxyl groups is 1. The maximum Gasteiger partial charge on any atom is 0.320 e. The standard InChI is InChI=1S/C46H52N4O5/c1-28-32(22-43(51)40-23-38(31-16-17-31)34(26-47-40)27-50-21-4-3-13-42(50)45(53)54)8-5-10-35(28)36-11-6-12-39(29(36)2)49-44(52)41-24-37(30-14-15-30)33(25-48-41)9-7-18-46(55)19-20-46/h5-6,8,10-12,23-26,30-31,42,55H,3-4,7,9,13-22,27H2,1-2H3,(H,49,52)(H,53,54)/t42-/m0/s1. The molecule has 4 aromatic rings. The number of carbonyl (C=O) groups is 3. The molecule has 3 heterocycles. The molecule has 3 aliphatic carbocycles. The van der Waals surface area contributed by atoms with Crippen molar-refractivity contribution >= 4 is 23.3 Å². The molecule has 0 spiro atoms. The van der Waals surface area contributed by atoms with Gasteiger partial charge in [0.15, 0.2) is 5.78 Å². The number of hydrogen-bond acceptors (Lipinski definition) is 7. The van der Waals surface area contributed by atoms with Crippen LogP contribution in [0.2, 0.25) is 0 Å². The van der Waals surface area contributed by atoms with Crippen LogP contribution in [0.5, 0.6) is 0 Å². The molecule has 9 heteroatoms. The largest absolute Gasteiger partial charge is 0.480 e. The third-order valence-electron chi connectivity index (χ3n) is 12.5. The van der Waals surface area contributed by atoms with E-state index in [1.807, 2.05) is 56.4 Å². The van der Waals surface area contributed by atoms with Crippen molar-refractivity contribution in [2.45, 2.75) is 127 Å². The number of benzene rings is 2. The van der Waals surface area contributed by atoms with Crippen molar-refractivity contribution in [3.63, 3.8) is 0 Å². The van der Waals surface area contributed by atoms with E-state index in [0.29, 0.717) is 36.2 Å². The second kappa shape index (κ2) is 15.4. The molecular weight excluding hydrogens is 689 g/mol. The topological polar surface area (TPSA) is 133 Å². The molecular formula is C46H52N4O5. The molecule has 4 fully saturated rings. The van der Waals surface area contributed by atoms with Gasteiger partial charge in [0.05, 0.1) is 5.60 Å². The first-order valence-corrected chi connectivity index (χ1v) is 20.3. The van der Waals surface area contributed by atoms with E-state index in [1.54, 1.807) is 6.20 Å². The minimum absolute atomic E-state index is 0.0443. The lowest BCUT2D eigenvalue weighted by Crippen LogP contribution is -2.44. The number of carboxylic acids is 1. The van der Waals surface area contributed by atoms with E-state index in [9.17, 15) is 24.6 Å². The zero-order chi connectivity index (χ0) is 38.3. The van der Waals surface area contributed by atoms with Gasteiger partial charge in [-0.25, -0.2) is 0 Å². The van der Waals surface area contributed by atoms with Crippen molar-refractivity contribution in [3.8, 4) is 11.1 Å². The molecule has 8 rings (SSSR count). The molecule has 4 aliphatic rings. The first kappa shape index (κ1) is 37.2. The maximum absolute atomic E-state index is 13.8. The highest BCUT2D eigenvalue weighted by Crippen LogP contribution is 2.44. The quantitative estimate of drug-likeness (QED) is 0.103. The molecule has 2 aromatic heterocycles. The van der Waals surface area contributed by atoms with Crippen LogP contribution in [0, 0.1) is 13.8 Å². The fourth-order valence-corrected chi connectivity index (χ4v) is 8.53. The number of nitrogens with zero attached hydrogens (tertiary/aromatic N) is 3. The Bertz CT molecular complexity index is 2130. The highest BCUT2D eigenvalue weighted by molar-refractivity contribution is 6.04. The van der Waals surface area contributed by atoms with E-state index in [0.717, 1.165) is 122 Å². The minimum Gasteiger partial charge on any atom is -0.480 e. The van der Waals surface area contributed by atoms with Crippen molar-refractivity contribution in [1.29, 1.82) is 0 Å². The fourth-order valence-electron chi connectivity index (χ4n) is 8.53. The molecule has 1 amide bonds. The number of piperidine rings is 1. The number of hydrogen-bond donors (Lipinski definition) is 3. The van der Waals surface area contributed by atoms with Gasteiger partial charge in [-0.1, -0.05) is 36.8 Å². The molecule has 286 valence electrons. The lowest BCUT2D eigenvalue weighted by atomic mass is 9.90. The Morgan fingerprint density at radius 2 is 1.47 bits per heavy atom. The molecule has 0 bridgehead atoms. The SMILES string of the molecule is Cc1c(CC(=O)c2cc(C3CC3)c(CN3CCCC[C@H]3C(=O)O)cn2)cccc1-c1cccc(NC(=O)c2cc(C3CC3)c(CCCC3(O)CC3)cn2)c1C. The fraction of sp³-hybridized carbons (Fsp3) is 0.457. The number of Topliss-reactive ketones (excluding diaryl/α,β-unsaturated/α-hetero) is 1. The zero-order valence-corrected chi connectivity index (χ0v) is 32.1. The Kier molecular flexibility index (Phi) is 10.4. The number of nitrogens with one attached hydrogen (secondary N) is 1. The highest BCUT2D eigenvalue weighted by Gasteiger charge is 2.39. The van der Waals surface area contributed by atoms with Crippen LogP contribution in [0.15, 0.2) is 60.9 Å². The van der Waals surface area contributed by atoms with Crippen LogP contribution < -0.4 is 5.32 Å². The summed E-state index contributed by atoms with van der Waals surface area (Å²) in [6.45, 7) is 5.35.